The Bertz CT molecular complexity index is 1430. The van der Waals surface area contributed by atoms with Crippen molar-refractivity contribution in [1.29, 1.82) is 0 Å². The summed E-state index contributed by atoms with van der Waals surface area (Å²) in [5.41, 5.74) is 4.36. The number of nitrogens with zero attached hydrogens (tertiary/aromatic N) is 1. The monoisotopic (exact) mass is 546 g/mol. The number of methoxy groups -OCH3 is 2. The van der Waals surface area contributed by atoms with E-state index >= 15 is 0 Å². The molecule has 1 aliphatic rings. The summed E-state index contributed by atoms with van der Waals surface area (Å²) in [5.74, 6) is -2.41. The number of carbonyl (C=O) groups is 3. The molecule has 0 bridgehead atoms. The number of benzene rings is 2. The highest BCUT2D eigenvalue weighted by molar-refractivity contribution is 7.15. The van der Waals surface area contributed by atoms with E-state index < -0.39 is 23.8 Å². The molecule has 0 unspecified atom stereocenters. The lowest BCUT2D eigenvalue weighted by molar-refractivity contribution is -0.137. The van der Waals surface area contributed by atoms with Crippen molar-refractivity contribution >= 4 is 29.2 Å². The summed E-state index contributed by atoms with van der Waals surface area (Å²) < 4.78 is 15.5. The van der Waals surface area contributed by atoms with E-state index in [1.54, 1.807) is 20.8 Å². The minimum absolute atomic E-state index is 0.223. The number of esters is 3. The summed E-state index contributed by atoms with van der Waals surface area (Å²) in [6.07, 6.45) is 0.501. The van der Waals surface area contributed by atoms with Gasteiger partial charge in [0.15, 0.2) is 5.69 Å². The van der Waals surface area contributed by atoms with Gasteiger partial charge in [0.25, 0.3) is 0 Å². The van der Waals surface area contributed by atoms with E-state index in [4.69, 9.17) is 19.2 Å². The maximum atomic E-state index is 13.0. The molecular weight excluding hydrogens is 516 g/mol. The van der Waals surface area contributed by atoms with Crippen LogP contribution in [0.1, 0.15) is 53.2 Å². The predicted molar refractivity (Wildman–Crippen MR) is 148 cm³/mol. The number of nitrogens with one attached hydrogen (secondary N) is 1. The summed E-state index contributed by atoms with van der Waals surface area (Å²) in [4.78, 5) is 44.5. The number of thiazole rings is 1. The minimum atomic E-state index is -0.783. The number of aromatic nitrogens is 1. The summed E-state index contributed by atoms with van der Waals surface area (Å²) in [6, 6.07) is 17.2. The molecule has 202 valence electrons. The van der Waals surface area contributed by atoms with Gasteiger partial charge < -0.3 is 19.5 Å². The van der Waals surface area contributed by atoms with Crippen LogP contribution in [0.2, 0.25) is 0 Å². The van der Waals surface area contributed by atoms with Gasteiger partial charge in [0.05, 0.1) is 37.9 Å². The van der Waals surface area contributed by atoms with Crippen molar-refractivity contribution in [3.8, 4) is 10.6 Å². The Morgan fingerprint density at radius 3 is 2.05 bits per heavy atom. The molecule has 8 nitrogen and oxygen atoms in total. The summed E-state index contributed by atoms with van der Waals surface area (Å²) in [7, 11) is 2.60. The van der Waals surface area contributed by atoms with Crippen LogP contribution in [-0.2, 0) is 30.2 Å². The Morgan fingerprint density at radius 1 is 0.872 bits per heavy atom. The maximum Gasteiger partial charge on any atom is 0.358 e. The average Bonchev–Trinajstić information content (AvgIpc) is 3.36. The zero-order chi connectivity index (χ0) is 28.1. The number of allylic oxidation sites excluding steroid dienone is 2. The number of hydrogen-bond donors (Lipinski definition) is 1. The fourth-order valence-electron chi connectivity index (χ4n) is 4.74. The molecule has 0 saturated carbocycles. The fraction of sp³-hybridized carbons (Fsp3) is 0.267. The minimum Gasteiger partial charge on any atom is -0.466 e. The summed E-state index contributed by atoms with van der Waals surface area (Å²) in [6.45, 7) is 5.50. The highest BCUT2D eigenvalue weighted by Gasteiger charge is 2.39. The third kappa shape index (κ3) is 5.63. The van der Waals surface area contributed by atoms with E-state index in [1.807, 2.05) is 54.6 Å². The second kappa shape index (κ2) is 12.1. The molecule has 0 amide bonds. The van der Waals surface area contributed by atoms with Crippen molar-refractivity contribution in [3.05, 3.63) is 98.8 Å². The highest BCUT2D eigenvalue weighted by atomic mass is 32.1. The van der Waals surface area contributed by atoms with Crippen LogP contribution in [-0.4, -0.2) is 43.7 Å². The van der Waals surface area contributed by atoms with Crippen molar-refractivity contribution in [2.24, 2.45) is 0 Å². The molecular formula is C30H30N2O6S. The Labute approximate surface area is 231 Å². The van der Waals surface area contributed by atoms with Gasteiger partial charge in [-0.05, 0) is 31.9 Å². The van der Waals surface area contributed by atoms with Crippen LogP contribution in [0.4, 0.5) is 0 Å². The van der Waals surface area contributed by atoms with Gasteiger partial charge in [0, 0.05) is 28.3 Å². The standard InChI is InChI=1S/C30H30N2O6S/c1-6-38-30(35)26-22(16-19-12-8-7-9-13-19)39-27(32-26)21-15-11-10-14-20(21)25-23(28(33)36-4)17(2)31-18(3)24(25)29(34)37-5/h7-15,25,31H,6,16H2,1-5H3. The molecule has 9 heteroatoms. The Hall–Kier alpha value is -4.24. The van der Waals surface area contributed by atoms with Crippen LogP contribution in [0.5, 0.6) is 0 Å². The van der Waals surface area contributed by atoms with Crippen LogP contribution < -0.4 is 5.32 Å². The molecule has 3 aromatic rings. The second-order valence-corrected chi connectivity index (χ2v) is 9.96. The molecule has 2 aromatic carbocycles. The number of carbonyl (C=O) groups excluding carboxylic acids is 3. The first-order valence-electron chi connectivity index (χ1n) is 12.5. The number of dihydropyridines is 1. The Balaban J connectivity index is 1.92. The van der Waals surface area contributed by atoms with Crippen LogP contribution in [0.3, 0.4) is 0 Å². The van der Waals surface area contributed by atoms with E-state index in [0.29, 0.717) is 45.1 Å². The van der Waals surface area contributed by atoms with Crippen molar-refractivity contribution in [1.82, 2.24) is 10.3 Å². The van der Waals surface area contributed by atoms with E-state index in [2.05, 4.69) is 5.32 Å². The van der Waals surface area contributed by atoms with Gasteiger partial charge in [-0.2, -0.15) is 0 Å². The van der Waals surface area contributed by atoms with Crippen molar-refractivity contribution in [2.75, 3.05) is 20.8 Å². The number of ether oxygens (including phenoxy) is 3. The molecule has 0 atom stereocenters. The van der Waals surface area contributed by atoms with Gasteiger partial charge in [0.1, 0.15) is 5.01 Å². The highest BCUT2D eigenvalue weighted by Crippen LogP contribution is 2.44. The SMILES string of the molecule is CCOC(=O)c1nc(-c2ccccc2C2C(C(=O)OC)=C(C)NC(C)=C2C(=O)OC)sc1Cc1ccccc1. The molecule has 0 saturated heterocycles. The van der Waals surface area contributed by atoms with Crippen LogP contribution in [0, 0.1) is 0 Å². The molecule has 1 aromatic heterocycles. The normalized spacial score (nSPS) is 13.7. The molecule has 0 radical (unpaired) electrons. The van der Waals surface area contributed by atoms with Gasteiger partial charge >= 0.3 is 17.9 Å². The Morgan fingerprint density at radius 2 is 1.46 bits per heavy atom. The number of rotatable bonds is 8. The predicted octanol–water partition coefficient (Wildman–Crippen LogP) is 5.16. The smallest absolute Gasteiger partial charge is 0.358 e. The van der Waals surface area contributed by atoms with Crippen molar-refractivity contribution < 1.29 is 28.6 Å². The van der Waals surface area contributed by atoms with Crippen molar-refractivity contribution in [2.45, 2.75) is 33.1 Å². The largest absolute Gasteiger partial charge is 0.466 e. The van der Waals surface area contributed by atoms with Gasteiger partial charge in [-0.15, -0.1) is 11.3 Å². The quantitative estimate of drug-likeness (QED) is 0.305. The fourth-order valence-corrected chi connectivity index (χ4v) is 5.87. The van der Waals surface area contributed by atoms with E-state index in [9.17, 15) is 14.4 Å². The third-order valence-electron chi connectivity index (χ3n) is 6.45. The first kappa shape index (κ1) is 27.8. The lowest BCUT2D eigenvalue weighted by atomic mass is 9.78. The molecule has 4 rings (SSSR count). The molecule has 39 heavy (non-hydrogen) atoms. The van der Waals surface area contributed by atoms with Crippen LogP contribution in [0.25, 0.3) is 10.6 Å². The topological polar surface area (TPSA) is 104 Å². The van der Waals surface area contributed by atoms with E-state index in [-0.39, 0.29) is 12.3 Å². The zero-order valence-corrected chi connectivity index (χ0v) is 23.3. The first-order valence-corrected chi connectivity index (χ1v) is 13.3. The van der Waals surface area contributed by atoms with Crippen LogP contribution in [0.15, 0.2) is 77.1 Å². The van der Waals surface area contributed by atoms with E-state index in [1.165, 1.54) is 25.6 Å². The third-order valence-corrected chi connectivity index (χ3v) is 7.54. The molecule has 0 spiro atoms. The van der Waals surface area contributed by atoms with Gasteiger partial charge in [0.2, 0.25) is 0 Å². The molecule has 0 aliphatic carbocycles. The first-order chi connectivity index (χ1) is 18.8. The van der Waals surface area contributed by atoms with Gasteiger partial charge in [-0.1, -0.05) is 54.6 Å². The van der Waals surface area contributed by atoms with Crippen LogP contribution >= 0.6 is 11.3 Å². The summed E-state index contributed by atoms with van der Waals surface area (Å²) in [5, 5.41) is 3.69. The average molecular weight is 547 g/mol. The van der Waals surface area contributed by atoms with Crippen molar-refractivity contribution in [3.63, 3.8) is 0 Å². The summed E-state index contributed by atoms with van der Waals surface area (Å²) >= 11 is 1.38. The molecule has 1 N–H and O–H groups in total. The van der Waals surface area contributed by atoms with Gasteiger partial charge in [-0.3, -0.25) is 0 Å². The molecule has 1 aliphatic heterocycles. The Kier molecular flexibility index (Phi) is 8.61. The molecule has 2 heterocycles. The lowest BCUT2D eigenvalue weighted by Crippen LogP contribution is -2.32. The zero-order valence-electron chi connectivity index (χ0n) is 22.5. The molecule has 0 fully saturated rings. The lowest BCUT2D eigenvalue weighted by Gasteiger charge is -2.31. The second-order valence-electron chi connectivity index (χ2n) is 8.88. The van der Waals surface area contributed by atoms with E-state index in [0.717, 1.165) is 10.4 Å². The maximum absolute atomic E-state index is 13.0. The van der Waals surface area contributed by atoms with Gasteiger partial charge in [-0.25, -0.2) is 19.4 Å². The number of hydrogen-bond acceptors (Lipinski definition) is 9.